The minimum absolute atomic E-state index is 0.195. The Kier molecular flexibility index (Phi) is 4.39. The molecule has 0 spiro atoms. The van der Waals surface area contributed by atoms with Gasteiger partial charge in [0, 0.05) is 69.7 Å². The Morgan fingerprint density at radius 3 is 2.36 bits per heavy atom. The van der Waals surface area contributed by atoms with Crippen LogP contribution in [0.25, 0.3) is 0 Å². The number of piperidine rings is 1. The zero-order valence-electron chi connectivity index (χ0n) is 15.8. The van der Waals surface area contributed by atoms with E-state index in [1.807, 2.05) is 29.2 Å². The Hall–Kier alpha value is -2.67. The van der Waals surface area contributed by atoms with Crippen molar-refractivity contribution in [1.29, 1.82) is 0 Å². The zero-order chi connectivity index (χ0) is 19.1. The number of likely N-dealkylation sites (tertiary alicyclic amines) is 1. The number of aromatic nitrogens is 2. The molecule has 3 heterocycles. The van der Waals surface area contributed by atoms with Crippen LogP contribution in [-0.2, 0) is 11.3 Å². The van der Waals surface area contributed by atoms with Crippen molar-refractivity contribution < 1.29 is 9.90 Å². The molecule has 2 saturated heterocycles. The highest BCUT2D eigenvalue weighted by molar-refractivity contribution is 5.83. The van der Waals surface area contributed by atoms with Crippen LogP contribution in [0.4, 0.5) is 5.95 Å². The number of benzene rings is 1. The molecule has 3 atom stereocenters. The molecule has 1 saturated carbocycles. The van der Waals surface area contributed by atoms with E-state index in [9.17, 15) is 9.90 Å². The molecule has 1 aliphatic carbocycles. The van der Waals surface area contributed by atoms with E-state index in [0.29, 0.717) is 23.5 Å². The number of carbonyl (C=O) groups excluding carboxylic acids is 1. The lowest BCUT2D eigenvalue weighted by atomic mass is 10.1. The third kappa shape index (κ3) is 3.20. The van der Waals surface area contributed by atoms with Crippen LogP contribution >= 0.6 is 0 Å². The fourth-order valence-electron chi connectivity index (χ4n) is 4.79. The molecule has 1 unspecified atom stereocenters. The zero-order valence-corrected chi connectivity index (χ0v) is 15.8. The predicted molar refractivity (Wildman–Crippen MR) is 105 cm³/mol. The summed E-state index contributed by atoms with van der Waals surface area (Å²) >= 11 is 0. The average molecular weight is 379 g/mol. The van der Waals surface area contributed by atoms with E-state index in [1.54, 1.807) is 18.5 Å². The summed E-state index contributed by atoms with van der Waals surface area (Å²) in [5.74, 6) is 2.59. The van der Waals surface area contributed by atoms with Crippen LogP contribution < -0.4 is 4.90 Å². The molecule has 0 bridgehead atoms. The molecule has 7 heteroatoms. The summed E-state index contributed by atoms with van der Waals surface area (Å²) in [5, 5.41) is 9.96. The topological polar surface area (TPSA) is 72.8 Å². The van der Waals surface area contributed by atoms with Crippen LogP contribution in [0.15, 0.2) is 42.7 Å². The number of anilines is 1. The van der Waals surface area contributed by atoms with Gasteiger partial charge < -0.3 is 14.9 Å². The van der Waals surface area contributed by atoms with E-state index in [-0.39, 0.29) is 5.92 Å². The smallest absolute Gasteiger partial charge is 0.226 e. The van der Waals surface area contributed by atoms with Gasteiger partial charge in [-0.25, -0.2) is 9.97 Å². The standard InChI is InChI=1S/C21H25N5O2/c27-18-5-2-1-4-15(18)12-24-13-16-17(14-24)19(16)20(28)25-8-10-26(11-9-25)21-22-6-3-7-23-21/h1-7,16-17,19,27H,8-14H2/t16-,17+,19?. The molecule has 2 aliphatic heterocycles. The summed E-state index contributed by atoms with van der Waals surface area (Å²) in [6.07, 6.45) is 3.51. The maximum atomic E-state index is 13.0. The number of fused-ring (bicyclic) bond motifs is 1. The van der Waals surface area contributed by atoms with E-state index in [0.717, 1.165) is 57.3 Å². The molecule has 1 aromatic heterocycles. The monoisotopic (exact) mass is 379 g/mol. The van der Waals surface area contributed by atoms with Gasteiger partial charge in [0.15, 0.2) is 0 Å². The molecule has 0 radical (unpaired) electrons. The largest absolute Gasteiger partial charge is 0.508 e. The van der Waals surface area contributed by atoms with E-state index in [2.05, 4.69) is 19.8 Å². The van der Waals surface area contributed by atoms with Crippen molar-refractivity contribution in [2.45, 2.75) is 6.54 Å². The fraction of sp³-hybridized carbons (Fsp3) is 0.476. The third-order valence-corrected chi connectivity index (χ3v) is 6.37. The summed E-state index contributed by atoms with van der Waals surface area (Å²) in [7, 11) is 0. The Labute approximate surface area is 164 Å². The molecule has 1 N–H and O–H groups in total. The fourth-order valence-corrected chi connectivity index (χ4v) is 4.79. The van der Waals surface area contributed by atoms with Crippen molar-refractivity contribution in [2.75, 3.05) is 44.2 Å². The number of para-hydroxylation sites is 1. The number of hydrogen-bond donors (Lipinski definition) is 1. The Morgan fingerprint density at radius 1 is 1.00 bits per heavy atom. The van der Waals surface area contributed by atoms with Crippen molar-refractivity contribution in [3.63, 3.8) is 0 Å². The average Bonchev–Trinajstić information content (AvgIpc) is 3.24. The van der Waals surface area contributed by atoms with E-state index >= 15 is 0 Å². The van der Waals surface area contributed by atoms with Crippen LogP contribution in [0.5, 0.6) is 5.75 Å². The van der Waals surface area contributed by atoms with Gasteiger partial charge in [-0.3, -0.25) is 9.69 Å². The maximum Gasteiger partial charge on any atom is 0.226 e. The maximum absolute atomic E-state index is 13.0. The van der Waals surface area contributed by atoms with Crippen LogP contribution in [0.3, 0.4) is 0 Å². The van der Waals surface area contributed by atoms with Gasteiger partial charge in [0.1, 0.15) is 5.75 Å². The van der Waals surface area contributed by atoms with Gasteiger partial charge in [-0.15, -0.1) is 0 Å². The summed E-state index contributed by atoms with van der Waals surface area (Å²) in [4.78, 5) is 28.1. The number of piperazine rings is 1. The number of nitrogens with zero attached hydrogens (tertiary/aromatic N) is 5. The molecule has 2 aromatic rings. The minimum Gasteiger partial charge on any atom is -0.508 e. The van der Waals surface area contributed by atoms with Gasteiger partial charge in [-0.05, 0) is 24.0 Å². The van der Waals surface area contributed by atoms with Crippen LogP contribution in [0.2, 0.25) is 0 Å². The van der Waals surface area contributed by atoms with Crippen LogP contribution in [0.1, 0.15) is 5.56 Å². The van der Waals surface area contributed by atoms with Gasteiger partial charge in [-0.2, -0.15) is 0 Å². The highest BCUT2D eigenvalue weighted by Gasteiger charge is 2.60. The molecule has 7 nitrogen and oxygen atoms in total. The molecule has 5 rings (SSSR count). The molecule has 146 valence electrons. The third-order valence-electron chi connectivity index (χ3n) is 6.37. The SMILES string of the molecule is O=C(C1[C@H]2CN(Cc3ccccc3O)C[C@@H]12)N1CCN(c2ncccn2)CC1. The first-order chi connectivity index (χ1) is 13.7. The molecule has 3 aliphatic rings. The Bertz CT molecular complexity index is 841. The summed E-state index contributed by atoms with van der Waals surface area (Å²) in [5.41, 5.74) is 0.964. The highest BCUT2D eigenvalue weighted by atomic mass is 16.3. The number of phenols is 1. The Balaban J connectivity index is 1.12. The molecule has 1 aromatic carbocycles. The van der Waals surface area contributed by atoms with Crippen molar-refractivity contribution >= 4 is 11.9 Å². The van der Waals surface area contributed by atoms with Gasteiger partial charge >= 0.3 is 0 Å². The number of phenolic OH excluding ortho intramolecular Hbond substituents is 1. The number of rotatable bonds is 4. The predicted octanol–water partition coefficient (Wildman–Crippen LogP) is 1.21. The summed E-state index contributed by atoms with van der Waals surface area (Å²) in [6.45, 7) is 5.73. The number of amides is 1. The van der Waals surface area contributed by atoms with Crippen molar-refractivity contribution in [2.24, 2.45) is 17.8 Å². The Morgan fingerprint density at radius 2 is 1.68 bits per heavy atom. The van der Waals surface area contributed by atoms with Gasteiger partial charge in [0.05, 0.1) is 0 Å². The summed E-state index contributed by atoms with van der Waals surface area (Å²) < 4.78 is 0. The lowest BCUT2D eigenvalue weighted by molar-refractivity contribution is -0.133. The van der Waals surface area contributed by atoms with E-state index in [1.165, 1.54) is 0 Å². The van der Waals surface area contributed by atoms with Crippen LogP contribution in [0, 0.1) is 17.8 Å². The van der Waals surface area contributed by atoms with Gasteiger partial charge in [0.25, 0.3) is 0 Å². The van der Waals surface area contributed by atoms with Gasteiger partial charge in [0.2, 0.25) is 11.9 Å². The van der Waals surface area contributed by atoms with Gasteiger partial charge in [-0.1, -0.05) is 18.2 Å². The highest BCUT2D eigenvalue weighted by Crippen LogP contribution is 2.53. The molecule has 1 amide bonds. The first kappa shape index (κ1) is 17.4. The second kappa shape index (κ2) is 7.05. The molecule has 28 heavy (non-hydrogen) atoms. The molecular formula is C21H25N5O2. The number of carbonyl (C=O) groups is 1. The minimum atomic E-state index is 0.195. The number of aromatic hydroxyl groups is 1. The lowest BCUT2D eigenvalue weighted by Gasteiger charge is -2.35. The van der Waals surface area contributed by atoms with Crippen LogP contribution in [-0.4, -0.2) is 70.1 Å². The normalized spacial score (nSPS) is 26.9. The summed E-state index contributed by atoms with van der Waals surface area (Å²) in [6, 6.07) is 9.32. The van der Waals surface area contributed by atoms with E-state index < -0.39 is 0 Å². The first-order valence-corrected chi connectivity index (χ1v) is 10.0. The number of hydrogen-bond acceptors (Lipinski definition) is 6. The second-order valence-electron chi connectivity index (χ2n) is 8.04. The van der Waals surface area contributed by atoms with Crippen molar-refractivity contribution in [1.82, 2.24) is 19.8 Å². The quantitative estimate of drug-likeness (QED) is 0.861. The van der Waals surface area contributed by atoms with E-state index in [4.69, 9.17) is 0 Å². The second-order valence-corrected chi connectivity index (χ2v) is 8.04. The molecular weight excluding hydrogens is 354 g/mol. The first-order valence-electron chi connectivity index (χ1n) is 10.0. The molecule has 3 fully saturated rings. The van der Waals surface area contributed by atoms with Crippen molar-refractivity contribution in [3.05, 3.63) is 48.3 Å². The lowest BCUT2D eigenvalue weighted by Crippen LogP contribution is -2.50. The van der Waals surface area contributed by atoms with Crippen molar-refractivity contribution in [3.8, 4) is 5.75 Å².